The van der Waals surface area contributed by atoms with Gasteiger partial charge in [-0.25, -0.2) is 9.37 Å². The molecule has 4 rings (SSSR count). The van der Waals surface area contributed by atoms with Gasteiger partial charge in [-0.2, -0.15) is 16.4 Å². The van der Waals surface area contributed by atoms with Gasteiger partial charge in [-0.05, 0) is 35.6 Å². The van der Waals surface area contributed by atoms with Gasteiger partial charge in [-0.3, -0.25) is 9.48 Å². The second-order valence-corrected chi connectivity index (χ2v) is 6.95. The molecule has 5 nitrogen and oxygen atoms in total. The fourth-order valence-electron chi connectivity index (χ4n) is 2.97. The number of hydrogen-bond donors (Lipinski definition) is 1. The maximum absolute atomic E-state index is 13.7. The second-order valence-electron chi connectivity index (χ2n) is 6.17. The Bertz CT molecular complexity index is 1100. The first-order valence-electron chi connectivity index (χ1n) is 8.50. The van der Waals surface area contributed by atoms with E-state index >= 15 is 0 Å². The van der Waals surface area contributed by atoms with Crippen molar-refractivity contribution in [2.75, 3.05) is 6.54 Å². The predicted octanol–water partition coefficient (Wildman–Crippen LogP) is 3.81. The topological polar surface area (TPSA) is 59.8 Å². The lowest BCUT2D eigenvalue weighted by molar-refractivity contribution is 0.0955. The Hall–Kier alpha value is -3.06. The highest BCUT2D eigenvalue weighted by atomic mass is 32.1. The standard InChI is InChI=1S/C20H17FN4OS/c1-25-19-16(11-23-25)15(10-18(24-19)14-7-9-27-12-14)20(26)22-8-6-13-4-2-3-5-17(13)21/h2-5,7,9-12H,6,8H2,1H3,(H,22,26). The van der Waals surface area contributed by atoms with Gasteiger partial charge in [0.05, 0.1) is 22.8 Å². The SMILES string of the molecule is Cn1ncc2c(C(=O)NCCc3ccccc3F)cc(-c3ccsc3)nc21. The molecule has 1 amide bonds. The van der Waals surface area contributed by atoms with E-state index in [1.165, 1.54) is 6.07 Å². The summed E-state index contributed by atoms with van der Waals surface area (Å²) in [5, 5.41) is 11.8. The van der Waals surface area contributed by atoms with Gasteiger partial charge in [0.15, 0.2) is 5.65 Å². The molecular weight excluding hydrogens is 363 g/mol. The number of amides is 1. The molecule has 1 N–H and O–H groups in total. The Morgan fingerprint density at radius 2 is 2.15 bits per heavy atom. The summed E-state index contributed by atoms with van der Waals surface area (Å²) in [5.74, 6) is -0.478. The van der Waals surface area contributed by atoms with E-state index in [0.29, 0.717) is 35.1 Å². The number of benzene rings is 1. The summed E-state index contributed by atoms with van der Waals surface area (Å²) in [6, 6.07) is 10.3. The molecule has 0 aliphatic rings. The van der Waals surface area contributed by atoms with Crippen LogP contribution in [0, 0.1) is 5.82 Å². The molecule has 4 aromatic rings. The number of aryl methyl sites for hydroxylation is 1. The number of nitrogens with zero attached hydrogens (tertiary/aromatic N) is 3. The molecule has 0 atom stereocenters. The van der Waals surface area contributed by atoms with Gasteiger partial charge in [0.25, 0.3) is 5.91 Å². The molecule has 0 spiro atoms. The van der Waals surface area contributed by atoms with Crippen LogP contribution in [0.25, 0.3) is 22.3 Å². The second kappa shape index (κ2) is 7.28. The third kappa shape index (κ3) is 3.46. The Morgan fingerprint density at radius 1 is 1.30 bits per heavy atom. The molecule has 1 aromatic carbocycles. The maximum Gasteiger partial charge on any atom is 0.252 e. The van der Waals surface area contributed by atoms with Crippen LogP contribution in [-0.2, 0) is 13.5 Å². The van der Waals surface area contributed by atoms with Crippen LogP contribution in [0.4, 0.5) is 4.39 Å². The van der Waals surface area contributed by atoms with Gasteiger partial charge in [-0.1, -0.05) is 18.2 Å². The van der Waals surface area contributed by atoms with E-state index in [2.05, 4.69) is 15.4 Å². The lowest BCUT2D eigenvalue weighted by atomic mass is 10.1. The maximum atomic E-state index is 13.7. The molecular formula is C20H17FN4OS. The Morgan fingerprint density at radius 3 is 2.93 bits per heavy atom. The molecule has 136 valence electrons. The lowest BCUT2D eigenvalue weighted by Gasteiger charge is -2.09. The van der Waals surface area contributed by atoms with Gasteiger partial charge in [-0.15, -0.1) is 0 Å². The summed E-state index contributed by atoms with van der Waals surface area (Å²) >= 11 is 1.57. The van der Waals surface area contributed by atoms with Crippen LogP contribution in [0.1, 0.15) is 15.9 Å². The van der Waals surface area contributed by atoms with Crippen molar-refractivity contribution >= 4 is 28.3 Å². The summed E-state index contributed by atoms with van der Waals surface area (Å²) in [7, 11) is 1.80. The van der Waals surface area contributed by atoms with E-state index in [0.717, 1.165) is 11.3 Å². The van der Waals surface area contributed by atoms with Crippen LogP contribution < -0.4 is 5.32 Å². The number of halogens is 1. The number of carbonyl (C=O) groups excluding carboxylic acids is 1. The largest absolute Gasteiger partial charge is 0.352 e. The average Bonchev–Trinajstić information content (AvgIpc) is 3.33. The van der Waals surface area contributed by atoms with Crippen molar-refractivity contribution in [2.24, 2.45) is 7.05 Å². The molecule has 7 heteroatoms. The Kier molecular flexibility index (Phi) is 4.68. The zero-order valence-electron chi connectivity index (χ0n) is 14.6. The fourth-order valence-corrected chi connectivity index (χ4v) is 3.62. The first kappa shape index (κ1) is 17.4. The van der Waals surface area contributed by atoms with E-state index in [4.69, 9.17) is 0 Å². The van der Waals surface area contributed by atoms with E-state index in [1.54, 1.807) is 53.5 Å². The minimum absolute atomic E-state index is 0.219. The normalized spacial score (nSPS) is 11.0. The summed E-state index contributed by atoms with van der Waals surface area (Å²) in [6.07, 6.45) is 2.07. The van der Waals surface area contributed by atoms with Crippen LogP contribution in [0.15, 0.2) is 53.4 Å². The van der Waals surface area contributed by atoms with Crippen LogP contribution >= 0.6 is 11.3 Å². The van der Waals surface area contributed by atoms with Crippen LogP contribution in [-0.4, -0.2) is 27.2 Å². The third-order valence-electron chi connectivity index (χ3n) is 4.40. The van der Waals surface area contributed by atoms with E-state index < -0.39 is 0 Å². The molecule has 0 bridgehead atoms. The van der Waals surface area contributed by atoms with E-state index in [-0.39, 0.29) is 11.7 Å². The molecule has 0 unspecified atom stereocenters. The molecule has 0 aliphatic carbocycles. The number of pyridine rings is 1. The molecule has 0 fully saturated rings. The van der Waals surface area contributed by atoms with Crippen molar-refractivity contribution in [3.63, 3.8) is 0 Å². The molecule has 3 aromatic heterocycles. The van der Waals surface area contributed by atoms with Crippen molar-refractivity contribution in [3.8, 4) is 11.3 Å². The fraction of sp³-hybridized carbons (Fsp3) is 0.150. The Labute approximate surface area is 159 Å². The number of hydrogen-bond acceptors (Lipinski definition) is 4. The number of rotatable bonds is 5. The van der Waals surface area contributed by atoms with Crippen LogP contribution in [0.5, 0.6) is 0 Å². The Balaban J connectivity index is 1.60. The van der Waals surface area contributed by atoms with E-state index in [9.17, 15) is 9.18 Å². The average molecular weight is 380 g/mol. The number of nitrogens with one attached hydrogen (secondary N) is 1. The van der Waals surface area contributed by atoms with Gasteiger partial charge >= 0.3 is 0 Å². The molecule has 27 heavy (non-hydrogen) atoms. The molecule has 3 heterocycles. The predicted molar refractivity (Wildman–Crippen MR) is 104 cm³/mol. The van der Waals surface area contributed by atoms with Crippen LogP contribution in [0.2, 0.25) is 0 Å². The minimum Gasteiger partial charge on any atom is -0.352 e. The molecule has 0 radical (unpaired) electrons. The first-order valence-corrected chi connectivity index (χ1v) is 9.44. The number of thiophene rings is 1. The summed E-state index contributed by atoms with van der Waals surface area (Å²) in [5.41, 5.74) is 3.44. The zero-order valence-corrected chi connectivity index (χ0v) is 15.5. The number of carbonyl (C=O) groups is 1. The lowest BCUT2D eigenvalue weighted by Crippen LogP contribution is -2.26. The molecule has 0 saturated heterocycles. The van der Waals surface area contributed by atoms with Gasteiger partial charge in [0.1, 0.15) is 5.82 Å². The molecule has 0 saturated carbocycles. The highest BCUT2D eigenvalue weighted by Crippen LogP contribution is 2.26. The van der Waals surface area contributed by atoms with Crippen molar-refractivity contribution in [3.05, 3.63) is 70.3 Å². The quantitative estimate of drug-likeness (QED) is 0.573. The molecule has 0 aliphatic heterocycles. The highest BCUT2D eigenvalue weighted by molar-refractivity contribution is 7.08. The summed E-state index contributed by atoms with van der Waals surface area (Å²) in [4.78, 5) is 17.4. The van der Waals surface area contributed by atoms with Gasteiger partial charge in [0, 0.05) is 24.5 Å². The summed E-state index contributed by atoms with van der Waals surface area (Å²) in [6.45, 7) is 0.345. The monoisotopic (exact) mass is 380 g/mol. The van der Waals surface area contributed by atoms with Crippen molar-refractivity contribution in [1.82, 2.24) is 20.1 Å². The van der Waals surface area contributed by atoms with Crippen molar-refractivity contribution in [1.29, 1.82) is 0 Å². The highest BCUT2D eigenvalue weighted by Gasteiger charge is 2.16. The number of fused-ring (bicyclic) bond motifs is 1. The van der Waals surface area contributed by atoms with Crippen molar-refractivity contribution < 1.29 is 9.18 Å². The number of aromatic nitrogens is 3. The van der Waals surface area contributed by atoms with Gasteiger partial charge < -0.3 is 5.32 Å². The first-order chi connectivity index (χ1) is 13.1. The van der Waals surface area contributed by atoms with Gasteiger partial charge in [0.2, 0.25) is 0 Å². The minimum atomic E-state index is -0.259. The van der Waals surface area contributed by atoms with Crippen LogP contribution in [0.3, 0.4) is 0 Å². The summed E-state index contributed by atoms with van der Waals surface area (Å²) < 4.78 is 15.4. The smallest absolute Gasteiger partial charge is 0.252 e. The third-order valence-corrected chi connectivity index (χ3v) is 5.09. The van der Waals surface area contributed by atoms with Crippen molar-refractivity contribution in [2.45, 2.75) is 6.42 Å². The zero-order chi connectivity index (χ0) is 18.8. The van der Waals surface area contributed by atoms with E-state index in [1.807, 2.05) is 16.8 Å².